The van der Waals surface area contributed by atoms with Crippen molar-refractivity contribution < 1.29 is 9.47 Å². The first-order chi connectivity index (χ1) is 12.8. The lowest BCUT2D eigenvalue weighted by Crippen LogP contribution is -2.40. The number of ether oxygens (including phenoxy) is 2. The van der Waals surface area contributed by atoms with Gasteiger partial charge in [0, 0.05) is 6.54 Å². The molecule has 2 heterocycles. The zero-order chi connectivity index (χ0) is 17.8. The van der Waals surface area contributed by atoms with Crippen LogP contribution < -0.4 is 9.64 Å². The van der Waals surface area contributed by atoms with Gasteiger partial charge in [-0.15, -0.1) is 0 Å². The molecule has 4 rings (SSSR count). The highest BCUT2D eigenvalue weighted by Gasteiger charge is 2.25. The van der Waals surface area contributed by atoms with E-state index in [0.717, 1.165) is 23.8 Å². The average Bonchev–Trinajstić information content (AvgIpc) is 3.17. The average molecular weight is 351 g/mol. The van der Waals surface area contributed by atoms with Crippen molar-refractivity contribution in [3.63, 3.8) is 0 Å². The number of nitrogens with zero attached hydrogens (tertiary/aromatic N) is 5. The second-order valence-electron chi connectivity index (χ2n) is 6.20. The fraction of sp³-hybridized carbons (Fsp3) is 0.316. The first-order valence-corrected chi connectivity index (χ1v) is 8.64. The van der Waals surface area contributed by atoms with Crippen LogP contribution in [-0.2, 0) is 11.3 Å². The van der Waals surface area contributed by atoms with E-state index in [0.29, 0.717) is 19.7 Å². The molecule has 1 aliphatic rings. The standard InChI is InChI=1S/C19H21N5O2/c1-25-17-9-7-16(8-10-17)18-14-23(11-12-26-18)19-20-21-22-24(19)13-15-5-3-2-4-6-15/h2-10,18H,11-14H2,1H3. The smallest absolute Gasteiger partial charge is 0.246 e. The molecule has 26 heavy (non-hydrogen) atoms. The van der Waals surface area contributed by atoms with Gasteiger partial charge in [0.25, 0.3) is 0 Å². The first-order valence-electron chi connectivity index (χ1n) is 8.64. The fourth-order valence-electron chi connectivity index (χ4n) is 3.14. The molecule has 134 valence electrons. The number of morpholine rings is 1. The van der Waals surface area contributed by atoms with Gasteiger partial charge in [-0.1, -0.05) is 47.6 Å². The highest BCUT2D eigenvalue weighted by molar-refractivity contribution is 5.34. The number of aromatic nitrogens is 4. The van der Waals surface area contributed by atoms with Crippen LogP contribution >= 0.6 is 0 Å². The quantitative estimate of drug-likeness (QED) is 0.703. The van der Waals surface area contributed by atoms with E-state index in [1.807, 2.05) is 47.1 Å². The molecule has 3 aromatic rings. The van der Waals surface area contributed by atoms with E-state index in [4.69, 9.17) is 9.47 Å². The lowest BCUT2D eigenvalue weighted by atomic mass is 10.1. The molecular formula is C19H21N5O2. The minimum absolute atomic E-state index is 0.0171. The van der Waals surface area contributed by atoms with Crippen molar-refractivity contribution in [1.29, 1.82) is 0 Å². The summed E-state index contributed by atoms with van der Waals surface area (Å²) in [7, 11) is 1.67. The highest BCUT2D eigenvalue weighted by Crippen LogP contribution is 2.26. The molecule has 1 aliphatic heterocycles. The van der Waals surface area contributed by atoms with Crippen LogP contribution in [0.25, 0.3) is 0 Å². The molecule has 0 bridgehead atoms. The van der Waals surface area contributed by atoms with E-state index < -0.39 is 0 Å². The Morgan fingerprint density at radius 3 is 2.69 bits per heavy atom. The number of benzene rings is 2. The molecule has 0 spiro atoms. The predicted octanol–water partition coefficient (Wildman–Crippen LogP) is 2.31. The lowest BCUT2D eigenvalue weighted by Gasteiger charge is -2.33. The molecule has 1 fully saturated rings. The van der Waals surface area contributed by atoms with E-state index in [2.05, 4.69) is 32.6 Å². The Balaban J connectivity index is 1.50. The molecule has 7 heteroatoms. The fourth-order valence-corrected chi connectivity index (χ4v) is 3.14. The maximum Gasteiger partial charge on any atom is 0.246 e. The molecule has 7 nitrogen and oxygen atoms in total. The second kappa shape index (κ2) is 7.53. The van der Waals surface area contributed by atoms with E-state index >= 15 is 0 Å². The third-order valence-corrected chi connectivity index (χ3v) is 4.53. The Bertz CT molecular complexity index is 835. The lowest BCUT2D eigenvalue weighted by molar-refractivity contribution is 0.0389. The Morgan fingerprint density at radius 1 is 1.12 bits per heavy atom. The third-order valence-electron chi connectivity index (χ3n) is 4.53. The summed E-state index contributed by atoms with van der Waals surface area (Å²) >= 11 is 0. The summed E-state index contributed by atoms with van der Waals surface area (Å²) in [6.07, 6.45) is -0.0171. The number of hydrogen-bond acceptors (Lipinski definition) is 6. The van der Waals surface area contributed by atoms with E-state index in [-0.39, 0.29) is 6.10 Å². The summed E-state index contributed by atoms with van der Waals surface area (Å²) in [6, 6.07) is 18.2. The van der Waals surface area contributed by atoms with Crippen molar-refractivity contribution in [2.75, 3.05) is 31.7 Å². The van der Waals surface area contributed by atoms with Crippen LogP contribution in [0.4, 0.5) is 5.95 Å². The highest BCUT2D eigenvalue weighted by atomic mass is 16.5. The predicted molar refractivity (Wildman–Crippen MR) is 97.3 cm³/mol. The van der Waals surface area contributed by atoms with E-state index in [1.165, 1.54) is 5.56 Å². The molecule has 1 aromatic heterocycles. The van der Waals surface area contributed by atoms with Crippen molar-refractivity contribution in [2.24, 2.45) is 0 Å². The van der Waals surface area contributed by atoms with Crippen molar-refractivity contribution in [1.82, 2.24) is 20.2 Å². The normalized spacial score (nSPS) is 17.3. The minimum Gasteiger partial charge on any atom is -0.497 e. The Kier molecular flexibility index (Phi) is 4.79. The van der Waals surface area contributed by atoms with Crippen LogP contribution in [0.15, 0.2) is 54.6 Å². The van der Waals surface area contributed by atoms with Gasteiger partial charge in [0.1, 0.15) is 11.9 Å². The number of hydrogen-bond donors (Lipinski definition) is 0. The number of rotatable bonds is 5. The van der Waals surface area contributed by atoms with Crippen molar-refractivity contribution in [3.8, 4) is 5.75 Å². The van der Waals surface area contributed by atoms with Crippen molar-refractivity contribution >= 4 is 5.95 Å². The Labute approximate surface area is 152 Å². The second-order valence-corrected chi connectivity index (χ2v) is 6.20. The molecule has 0 aliphatic carbocycles. The molecule has 1 atom stereocenters. The van der Waals surface area contributed by atoms with Gasteiger partial charge < -0.3 is 14.4 Å². The largest absolute Gasteiger partial charge is 0.497 e. The van der Waals surface area contributed by atoms with Gasteiger partial charge in [0.05, 0.1) is 26.8 Å². The van der Waals surface area contributed by atoms with Gasteiger partial charge in [0.15, 0.2) is 0 Å². The van der Waals surface area contributed by atoms with Crippen molar-refractivity contribution in [2.45, 2.75) is 12.6 Å². The summed E-state index contributed by atoms with van der Waals surface area (Å²) in [4.78, 5) is 2.18. The zero-order valence-electron chi connectivity index (χ0n) is 14.7. The molecular weight excluding hydrogens is 330 g/mol. The van der Waals surface area contributed by atoms with Gasteiger partial charge in [-0.3, -0.25) is 0 Å². The summed E-state index contributed by atoms with van der Waals surface area (Å²) in [5.74, 6) is 1.61. The molecule has 0 amide bonds. The Hall–Kier alpha value is -2.93. The van der Waals surface area contributed by atoms with Crippen molar-refractivity contribution in [3.05, 3.63) is 65.7 Å². The van der Waals surface area contributed by atoms with E-state index in [1.54, 1.807) is 7.11 Å². The molecule has 1 unspecified atom stereocenters. The topological polar surface area (TPSA) is 65.3 Å². The third kappa shape index (κ3) is 3.52. The van der Waals surface area contributed by atoms with Gasteiger partial charge in [0.2, 0.25) is 5.95 Å². The van der Waals surface area contributed by atoms with Crippen LogP contribution in [-0.4, -0.2) is 47.0 Å². The maximum absolute atomic E-state index is 5.96. The SMILES string of the molecule is COc1ccc(C2CN(c3nnnn3Cc3ccccc3)CCO2)cc1. The summed E-state index contributed by atoms with van der Waals surface area (Å²) in [5.41, 5.74) is 2.29. The van der Waals surface area contributed by atoms with Crippen LogP contribution in [0.2, 0.25) is 0 Å². The van der Waals surface area contributed by atoms with Gasteiger partial charge in [-0.2, -0.15) is 0 Å². The monoisotopic (exact) mass is 351 g/mol. The summed E-state index contributed by atoms with van der Waals surface area (Å²) in [6.45, 7) is 2.76. The van der Waals surface area contributed by atoms with Crippen LogP contribution in [0.1, 0.15) is 17.2 Å². The maximum atomic E-state index is 5.96. The zero-order valence-corrected chi connectivity index (χ0v) is 14.7. The summed E-state index contributed by atoms with van der Waals surface area (Å²) in [5, 5.41) is 12.3. The molecule has 1 saturated heterocycles. The summed E-state index contributed by atoms with van der Waals surface area (Å²) < 4.78 is 13.0. The van der Waals surface area contributed by atoms with Gasteiger partial charge >= 0.3 is 0 Å². The van der Waals surface area contributed by atoms with Gasteiger partial charge in [-0.05, 0) is 33.7 Å². The molecule has 0 saturated carbocycles. The number of anilines is 1. The number of methoxy groups -OCH3 is 1. The first kappa shape index (κ1) is 16.5. The molecule has 2 aromatic carbocycles. The number of tetrazole rings is 1. The minimum atomic E-state index is -0.0171. The van der Waals surface area contributed by atoms with Gasteiger partial charge in [-0.25, -0.2) is 4.68 Å². The Morgan fingerprint density at radius 2 is 1.92 bits per heavy atom. The molecule has 0 radical (unpaired) electrons. The molecule has 0 N–H and O–H groups in total. The van der Waals surface area contributed by atoms with Crippen LogP contribution in [0.5, 0.6) is 5.75 Å². The van der Waals surface area contributed by atoms with Crippen LogP contribution in [0.3, 0.4) is 0 Å². The van der Waals surface area contributed by atoms with E-state index in [9.17, 15) is 0 Å². The van der Waals surface area contributed by atoms with Crippen LogP contribution in [0, 0.1) is 0 Å².